The molecule has 0 unspecified atom stereocenters. The van der Waals surface area contributed by atoms with Crippen LogP contribution in [0.5, 0.6) is 0 Å². The van der Waals surface area contributed by atoms with Gasteiger partial charge in [0.1, 0.15) is 6.08 Å². The molecule has 0 aromatic carbocycles. The average Bonchev–Trinajstić information content (AvgIpc) is 2.48. The van der Waals surface area contributed by atoms with Crippen LogP contribution in [0.15, 0.2) is 4.99 Å². The Hall–Kier alpha value is 0.530. The van der Waals surface area contributed by atoms with E-state index in [4.69, 9.17) is 9.29 Å². The van der Waals surface area contributed by atoms with Gasteiger partial charge in [-0.2, -0.15) is 8.42 Å². The first-order chi connectivity index (χ1) is 11.0. The maximum Gasteiger partial charge on any atom is 1.00 e. The van der Waals surface area contributed by atoms with Gasteiger partial charge >= 0.3 is 38.7 Å². The normalized spacial score (nSPS) is 12.0. The Morgan fingerprint density at radius 3 is 2.04 bits per heavy atom. The summed E-state index contributed by atoms with van der Waals surface area (Å²) in [6.07, 6.45) is 11.5. The third kappa shape index (κ3) is 22.5. The molecule has 0 amide bonds. The largest absolute Gasteiger partial charge is 1.00 e. The molecule has 6 nitrogen and oxygen atoms in total. The average molecular weight is 392 g/mol. The van der Waals surface area contributed by atoms with Crippen LogP contribution >= 0.6 is 10.8 Å². The smallest absolute Gasteiger partial charge is 0.600 e. The van der Waals surface area contributed by atoms with E-state index in [-0.39, 0.29) is 41.9 Å². The van der Waals surface area contributed by atoms with Crippen molar-refractivity contribution in [3.05, 3.63) is 0 Å². The summed E-state index contributed by atoms with van der Waals surface area (Å²) in [6, 6.07) is 0. The summed E-state index contributed by atoms with van der Waals surface area (Å²) in [4.78, 5) is 3.55. The quantitative estimate of drug-likeness (QED) is 0.107. The van der Waals surface area contributed by atoms with E-state index in [0.717, 1.165) is 19.3 Å². The molecular formula is C15H30NNaO5S2. The van der Waals surface area contributed by atoms with Gasteiger partial charge in [-0.25, -0.2) is 0 Å². The van der Waals surface area contributed by atoms with Crippen molar-refractivity contribution in [3.8, 4) is 0 Å². The van der Waals surface area contributed by atoms with E-state index >= 15 is 0 Å². The molecule has 0 saturated carbocycles. The van der Waals surface area contributed by atoms with Gasteiger partial charge in [-0.05, 0) is 23.8 Å². The minimum Gasteiger partial charge on any atom is -0.600 e. The molecule has 24 heavy (non-hydrogen) atoms. The Morgan fingerprint density at radius 2 is 1.54 bits per heavy atom. The summed E-state index contributed by atoms with van der Waals surface area (Å²) >= 11 is 0. The van der Waals surface area contributed by atoms with Gasteiger partial charge in [-0.15, -0.1) is 0 Å². The van der Waals surface area contributed by atoms with E-state index in [0.29, 0.717) is 17.4 Å². The number of rotatable bonds is 15. The fourth-order valence-corrected chi connectivity index (χ4v) is 3.31. The summed E-state index contributed by atoms with van der Waals surface area (Å²) in [5.41, 5.74) is 0. The first kappa shape index (κ1) is 26.8. The Balaban J connectivity index is 0. The fourth-order valence-electron chi connectivity index (χ4n) is 2.07. The topological polar surface area (TPSA) is 99.0 Å². The van der Waals surface area contributed by atoms with Crippen molar-refractivity contribution < 1.29 is 52.4 Å². The predicted molar refractivity (Wildman–Crippen MR) is 94.1 cm³/mol. The maximum atomic E-state index is 11.2. The second kappa shape index (κ2) is 18.3. The van der Waals surface area contributed by atoms with Crippen LogP contribution in [-0.4, -0.2) is 38.0 Å². The second-order valence-corrected chi connectivity index (χ2v) is 8.90. The van der Waals surface area contributed by atoms with Crippen molar-refractivity contribution >= 4 is 26.0 Å². The van der Waals surface area contributed by atoms with Crippen LogP contribution in [0, 0.1) is 0 Å². The first-order valence-electron chi connectivity index (χ1n) is 8.42. The van der Waals surface area contributed by atoms with Crippen LogP contribution < -0.4 is 34.7 Å². The van der Waals surface area contributed by atoms with Crippen molar-refractivity contribution in [3.63, 3.8) is 0 Å². The van der Waals surface area contributed by atoms with E-state index in [1.165, 1.54) is 44.9 Å². The van der Waals surface area contributed by atoms with Crippen molar-refractivity contribution in [1.29, 1.82) is 0 Å². The molecule has 0 bridgehead atoms. The molecule has 0 aliphatic rings. The van der Waals surface area contributed by atoms with Gasteiger partial charge in [0, 0.05) is 5.75 Å². The Kier molecular flexibility index (Phi) is 20.4. The van der Waals surface area contributed by atoms with Gasteiger partial charge in [0.15, 0.2) is 0 Å². The first-order valence-corrected chi connectivity index (χ1v) is 11.4. The molecule has 0 spiro atoms. The van der Waals surface area contributed by atoms with Crippen molar-refractivity contribution in [2.24, 2.45) is 4.99 Å². The van der Waals surface area contributed by atoms with Gasteiger partial charge in [0.2, 0.25) is 0 Å². The van der Waals surface area contributed by atoms with E-state index in [1.807, 2.05) is 0 Å². The third-order valence-electron chi connectivity index (χ3n) is 3.29. The number of nitrogens with zero attached hydrogens (tertiary/aromatic N) is 1. The predicted octanol–water partition coefficient (Wildman–Crippen LogP) is 0.180. The summed E-state index contributed by atoms with van der Waals surface area (Å²) in [6.45, 7) is 2.59. The van der Waals surface area contributed by atoms with Crippen molar-refractivity contribution in [1.82, 2.24) is 0 Å². The molecule has 0 rings (SSSR count). The van der Waals surface area contributed by atoms with Crippen molar-refractivity contribution in [2.75, 3.05) is 18.9 Å². The van der Waals surface area contributed by atoms with Gasteiger partial charge in [0.25, 0.3) is 0 Å². The van der Waals surface area contributed by atoms with E-state index in [1.54, 1.807) is 0 Å². The van der Waals surface area contributed by atoms with Gasteiger partial charge in [-0.3, -0.25) is 9.55 Å². The van der Waals surface area contributed by atoms with Gasteiger partial charge in [-0.1, -0.05) is 64.7 Å². The minimum absolute atomic E-state index is 0. The molecule has 0 aromatic rings. The van der Waals surface area contributed by atoms with E-state index < -0.39 is 15.2 Å². The number of ether oxygens (including phenoxy) is 1. The molecule has 138 valence electrons. The van der Waals surface area contributed by atoms with Crippen molar-refractivity contribution in [2.45, 2.75) is 71.1 Å². The zero-order valence-corrected chi connectivity index (χ0v) is 18.7. The second-order valence-electron chi connectivity index (χ2n) is 5.43. The van der Waals surface area contributed by atoms with Crippen LogP contribution in [0.25, 0.3) is 0 Å². The summed E-state index contributed by atoms with van der Waals surface area (Å²) in [5, 5.41) is 11.2. The molecule has 0 atom stereocenters. The van der Waals surface area contributed by atoms with Crippen LogP contribution in [-0.2, 0) is 13.9 Å². The van der Waals surface area contributed by atoms with Crippen LogP contribution in [0.1, 0.15) is 71.1 Å². The zero-order chi connectivity index (χ0) is 17.4. The molecule has 0 aliphatic carbocycles. The molecule has 0 saturated heterocycles. The monoisotopic (exact) mass is 391 g/mol. The van der Waals surface area contributed by atoms with E-state index in [2.05, 4.69) is 11.9 Å². The molecule has 0 aromatic heterocycles. The van der Waals surface area contributed by atoms with E-state index in [9.17, 15) is 13.5 Å². The third-order valence-corrected chi connectivity index (χ3v) is 5.33. The number of unbranched alkanes of at least 4 members (excludes halogenated alkanes) is 9. The molecule has 0 aliphatic heterocycles. The maximum absolute atomic E-state index is 11.2. The Bertz CT molecular complexity index is 405. The number of aliphatic imine (C=N–C) groups is 1. The minimum atomic E-state index is -4.06. The SMILES string of the molecule is CCCCCCCCCCCCOC([O-])=NCCSS(=O)(=O)O.[Na+]. The number of hydrogen-bond donors (Lipinski definition) is 1. The molecular weight excluding hydrogens is 361 g/mol. The summed E-state index contributed by atoms with van der Waals surface area (Å²) < 4.78 is 34.2. The standard InChI is InChI=1S/C15H31NO5S2.Na/c1-2-3-4-5-6-7-8-9-10-11-13-21-15(17)16-12-14-22-23(18,19)20;/h2-14H2,1H3,(H,16,17)(H,18,19,20);/q;+1/p-1. The zero-order valence-electron chi connectivity index (χ0n) is 15.0. The molecule has 1 N–H and O–H groups in total. The van der Waals surface area contributed by atoms with Crippen LogP contribution in [0.4, 0.5) is 0 Å². The molecule has 9 heteroatoms. The number of hydrogen-bond acceptors (Lipinski definition) is 6. The molecule has 0 heterocycles. The Labute approximate surface area is 172 Å². The molecule has 0 fully saturated rings. The van der Waals surface area contributed by atoms with Crippen LogP contribution in [0.3, 0.4) is 0 Å². The summed E-state index contributed by atoms with van der Waals surface area (Å²) in [5.74, 6) is 0.0339. The molecule has 0 radical (unpaired) electrons. The Morgan fingerprint density at radius 1 is 1.04 bits per heavy atom. The van der Waals surface area contributed by atoms with Gasteiger partial charge < -0.3 is 9.84 Å². The summed E-state index contributed by atoms with van der Waals surface area (Å²) in [7, 11) is -3.71. The van der Waals surface area contributed by atoms with Crippen LogP contribution in [0.2, 0.25) is 0 Å². The fraction of sp³-hybridized carbons (Fsp3) is 0.933. The van der Waals surface area contributed by atoms with Gasteiger partial charge in [0.05, 0.1) is 6.54 Å².